The lowest BCUT2D eigenvalue weighted by Crippen LogP contribution is -2.47. The predicted molar refractivity (Wildman–Crippen MR) is 125 cm³/mol. The summed E-state index contributed by atoms with van der Waals surface area (Å²) in [6.45, 7) is 3.99. The molecular formula is C22H29IN4O2. The van der Waals surface area contributed by atoms with Gasteiger partial charge in [-0.3, -0.25) is 0 Å². The molecule has 156 valence electrons. The fourth-order valence-corrected chi connectivity index (χ4v) is 3.81. The summed E-state index contributed by atoms with van der Waals surface area (Å²) in [5, 5.41) is 6.88. The van der Waals surface area contributed by atoms with E-state index in [1.165, 1.54) is 6.42 Å². The SMILES string of the molecule is CCNC(=NCc1ccnc(OCc2ccccc2)c1)NC1CC2CCC1O2.I. The van der Waals surface area contributed by atoms with Gasteiger partial charge in [0.15, 0.2) is 5.96 Å². The van der Waals surface area contributed by atoms with E-state index in [1.54, 1.807) is 6.20 Å². The number of hydrogen-bond acceptors (Lipinski definition) is 4. The van der Waals surface area contributed by atoms with Gasteiger partial charge in [0, 0.05) is 18.8 Å². The zero-order valence-electron chi connectivity index (χ0n) is 16.7. The van der Waals surface area contributed by atoms with Crippen molar-refractivity contribution in [1.82, 2.24) is 15.6 Å². The fourth-order valence-electron chi connectivity index (χ4n) is 3.81. The summed E-state index contributed by atoms with van der Waals surface area (Å²) in [4.78, 5) is 9.05. The minimum Gasteiger partial charge on any atom is -0.473 e. The normalized spacial score (nSPS) is 22.8. The van der Waals surface area contributed by atoms with Gasteiger partial charge in [0.25, 0.3) is 0 Å². The second-order valence-corrected chi connectivity index (χ2v) is 7.33. The Bertz CT molecular complexity index is 802. The topological polar surface area (TPSA) is 67.8 Å². The molecule has 0 saturated carbocycles. The van der Waals surface area contributed by atoms with E-state index in [0.29, 0.717) is 37.3 Å². The van der Waals surface area contributed by atoms with Gasteiger partial charge in [-0.1, -0.05) is 30.3 Å². The van der Waals surface area contributed by atoms with Gasteiger partial charge >= 0.3 is 0 Å². The molecule has 0 radical (unpaired) electrons. The van der Waals surface area contributed by atoms with E-state index in [4.69, 9.17) is 14.5 Å². The Morgan fingerprint density at radius 2 is 2.07 bits per heavy atom. The molecule has 1 aromatic heterocycles. The number of aliphatic imine (C=N–C) groups is 1. The molecule has 2 fully saturated rings. The van der Waals surface area contributed by atoms with Crippen molar-refractivity contribution in [2.24, 2.45) is 4.99 Å². The van der Waals surface area contributed by atoms with Gasteiger partial charge in [-0.15, -0.1) is 24.0 Å². The minimum atomic E-state index is 0. The van der Waals surface area contributed by atoms with Gasteiger partial charge in [-0.2, -0.15) is 0 Å². The number of nitrogens with zero attached hydrogens (tertiary/aromatic N) is 2. The molecule has 0 aliphatic carbocycles. The number of halogens is 1. The molecule has 0 amide bonds. The summed E-state index contributed by atoms with van der Waals surface area (Å²) in [5.41, 5.74) is 2.19. The maximum Gasteiger partial charge on any atom is 0.213 e. The van der Waals surface area contributed by atoms with Crippen molar-refractivity contribution in [2.45, 2.75) is 57.6 Å². The van der Waals surface area contributed by atoms with Crippen LogP contribution in [0.2, 0.25) is 0 Å². The van der Waals surface area contributed by atoms with Gasteiger partial charge < -0.3 is 20.1 Å². The van der Waals surface area contributed by atoms with Crippen LogP contribution < -0.4 is 15.4 Å². The first-order chi connectivity index (χ1) is 13.8. The Labute approximate surface area is 189 Å². The molecule has 29 heavy (non-hydrogen) atoms. The van der Waals surface area contributed by atoms with Crippen LogP contribution in [0.1, 0.15) is 37.3 Å². The average molecular weight is 508 g/mol. The van der Waals surface area contributed by atoms with Crippen LogP contribution in [-0.4, -0.2) is 35.7 Å². The maximum atomic E-state index is 5.94. The van der Waals surface area contributed by atoms with E-state index in [1.807, 2.05) is 42.5 Å². The molecule has 0 spiro atoms. The summed E-state index contributed by atoms with van der Waals surface area (Å²) in [6, 6.07) is 14.4. The summed E-state index contributed by atoms with van der Waals surface area (Å²) in [7, 11) is 0. The van der Waals surface area contributed by atoms with E-state index < -0.39 is 0 Å². The molecule has 6 nitrogen and oxygen atoms in total. The quantitative estimate of drug-likeness (QED) is 0.340. The lowest BCUT2D eigenvalue weighted by atomic mass is 9.96. The third-order valence-corrected chi connectivity index (χ3v) is 5.22. The molecule has 2 aromatic rings. The zero-order chi connectivity index (χ0) is 19.2. The number of nitrogens with one attached hydrogen (secondary N) is 2. The highest BCUT2D eigenvalue weighted by molar-refractivity contribution is 14.0. The largest absolute Gasteiger partial charge is 0.473 e. The van der Waals surface area contributed by atoms with Crippen LogP contribution in [-0.2, 0) is 17.9 Å². The number of hydrogen-bond donors (Lipinski definition) is 2. The number of aromatic nitrogens is 1. The number of ether oxygens (including phenoxy) is 2. The van der Waals surface area contributed by atoms with E-state index in [-0.39, 0.29) is 24.0 Å². The van der Waals surface area contributed by atoms with Gasteiger partial charge in [-0.05, 0) is 43.4 Å². The lowest BCUT2D eigenvalue weighted by Gasteiger charge is -2.22. The highest BCUT2D eigenvalue weighted by Crippen LogP contribution is 2.34. The maximum absolute atomic E-state index is 5.94. The van der Waals surface area contributed by atoms with Crippen LogP contribution in [0.5, 0.6) is 5.88 Å². The zero-order valence-corrected chi connectivity index (χ0v) is 19.0. The van der Waals surface area contributed by atoms with Gasteiger partial charge in [-0.25, -0.2) is 9.98 Å². The van der Waals surface area contributed by atoms with Crippen LogP contribution in [0.15, 0.2) is 53.7 Å². The van der Waals surface area contributed by atoms with Crippen LogP contribution in [0.25, 0.3) is 0 Å². The molecule has 2 N–H and O–H groups in total. The molecule has 3 unspecified atom stereocenters. The monoisotopic (exact) mass is 508 g/mol. The van der Waals surface area contributed by atoms with Crippen LogP contribution in [0, 0.1) is 0 Å². The Balaban J connectivity index is 0.00000240. The molecule has 4 rings (SSSR count). The Morgan fingerprint density at radius 3 is 2.79 bits per heavy atom. The smallest absolute Gasteiger partial charge is 0.213 e. The number of benzene rings is 1. The molecule has 2 bridgehead atoms. The highest BCUT2D eigenvalue weighted by atomic mass is 127. The number of guanidine groups is 1. The van der Waals surface area contributed by atoms with E-state index in [0.717, 1.165) is 36.5 Å². The Hall–Kier alpha value is -1.87. The van der Waals surface area contributed by atoms with Crippen LogP contribution in [0.3, 0.4) is 0 Å². The lowest BCUT2D eigenvalue weighted by molar-refractivity contribution is 0.0992. The summed E-state index contributed by atoms with van der Waals surface area (Å²) in [5.74, 6) is 1.46. The van der Waals surface area contributed by atoms with E-state index in [9.17, 15) is 0 Å². The fraction of sp³-hybridized carbons (Fsp3) is 0.455. The molecule has 2 aliphatic rings. The summed E-state index contributed by atoms with van der Waals surface area (Å²) >= 11 is 0. The highest BCUT2D eigenvalue weighted by Gasteiger charge is 2.41. The third kappa shape index (κ3) is 6.05. The third-order valence-electron chi connectivity index (χ3n) is 5.22. The first-order valence-corrected chi connectivity index (χ1v) is 10.1. The second-order valence-electron chi connectivity index (χ2n) is 7.33. The number of pyridine rings is 1. The Morgan fingerprint density at radius 1 is 1.21 bits per heavy atom. The molecule has 3 heterocycles. The number of rotatable bonds is 7. The van der Waals surface area contributed by atoms with Crippen molar-refractivity contribution in [1.29, 1.82) is 0 Å². The van der Waals surface area contributed by atoms with Crippen molar-refractivity contribution >= 4 is 29.9 Å². The molecule has 2 saturated heterocycles. The van der Waals surface area contributed by atoms with Crippen molar-refractivity contribution in [3.05, 3.63) is 59.8 Å². The van der Waals surface area contributed by atoms with Crippen LogP contribution in [0.4, 0.5) is 0 Å². The molecule has 3 atom stereocenters. The van der Waals surface area contributed by atoms with Crippen molar-refractivity contribution in [3.63, 3.8) is 0 Å². The van der Waals surface area contributed by atoms with Crippen molar-refractivity contribution in [2.75, 3.05) is 6.54 Å². The molecule has 7 heteroatoms. The second kappa shape index (κ2) is 10.8. The standard InChI is InChI=1S/C22H28N4O2.HI/c1-2-23-22(26-19-13-18-8-9-20(19)28-18)25-14-17-10-11-24-21(12-17)27-15-16-6-4-3-5-7-16;/h3-7,10-12,18-20H,2,8-9,13-15H2,1H3,(H2,23,25,26);1H. The summed E-state index contributed by atoms with van der Waals surface area (Å²) < 4.78 is 11.8. The van der Waals surface area contributed by atoms with Gasteiger partial charge in [0.2, 0.25) is 5.88 Å². The van der Waals surface area contributed by atoms with Crippen molar-refractivity contribution in [3.8, 4) is 5.88 Å². The van der Waals surface area contributed by atoms with Crippen molar-refractivity contribution < 1.29 is 9.47 Å². The van der Waals surface area contributed by atoms with Gasteiger partial charge in [0.1, 0.15) is 6.61 Å². The predicted octanol–water partition coefficient (Wildman–Crippen LogP) is 3.65. The summed E-state index contributed by atoms with van der Waals surface area (Å²) in [6.07, 6.45) is 5.94. The average Bonchev–Trinajstić information content (AvgIpc) is 3.35. The Kier molecular flexibility index (Phi) is 8.11. The molecule has 1 aromatic carbocycles. The number of fused-ring (bicyclic) bond motifs is 2. The van der Waals surface area contributed by atoms with Crippen LogP contribution >= 0.6 is 24.0 Å². The molecular weight excluding hydrogens is 479 g/mol. The minimum absolute atomic E-state index is 0. The first-order valence-electron chi connectivity index (χ1n) is 10.1. The van der Waals surface area contributed by atoms with E-state index in [2.05, 4.69) is 22.5 Å². The molecule has 2 aliphatic heterocycles. The van der Waals surface area contributed by atoms with E-state index >= 15 is 0 Å². The first kappa shape index (κ1) is 21.8. The van der Waals surface area contributed by atoms with Gasteiger partial charge in [0.05, 0.1) is 24.8 Å².